The molecule has 0 radical (unpaired) electrons. The molecule has 18 heavy (non-hydrogen) atoms. The van der Waals surface area contributed by atoms with Gasteiger partial charge in [0.2, 0.25) is 0 Å². The van der Waals surface area contributed by atoms with Crippen molar-refractivity contribution in [2.75, 3.05) is 19.6 Å². The maximum Gasteiger partial charge on any atom is 0.270 e. The number of nitro benzene ring substituents is 1. The zero-order valence-corrected chi connectivity index (χ0v) is 11.6. The largest absolute Gasteiger partial charge is 0.330 e. The highest BCUT2D eigenvalue weighted by molar-refractivity contribution is 9.10. The minimum atomic E-state index is -0.380. The van der Waals surface area contributed by atoms with Crippen LogP contribution in [0.5, 0.6) is 0 Å². The molecule has 2 N–H and O–H groups in total. The molecular formula is C12H16BrN3O2. The third-order valence-electron chi connectivity index (χ3n) is 3.34. The lowest BCUT2D eigenvalue weighted by Crippen LogP contribution is -2.22. The van der Waals surface area contributed by atoms with E-state index in [0.29, 0.717) is 5.92 Å². The van der Waals surface area contributed by atoms with Gasteiger partial charge in [-0.2, -0.15) is 0 Å². The molecular weight excluding hydrogens is 298 g/mol. The number of rotatable bonds is 4. The lowest BCUT2D eigenvalue weighted by molar-refractivity contribution is -0.384. The second-order valence-corrected chi connectivity index (χ2v) is 5.51. The Kier molecular flexibility index (Phi) is 4.31. The van der Waals surface area contributed by atoms with Crippen LogP contribution in [0.3, 0.4) is 0 Å². The molecule has 6 heteroatoms. The fourth-order valence-corrected chi connectivity index (χ4v) is 2.76. The van der Waals surface area contributed by atoms with Gasteiger partial charge in [-0.05, 0) is 37.1 Å². The van der Waals surface area contributed by atoms with Gasteiger partial charge in [0.1, 0.15) is 0 Å². The third kappa shape index (κ3) is 3.07. The third-order valence-corrected chi connectivity index (χ3v) is 4.08. The minimum absolute atomic E-state index is 0.117. The highest BCUT2D eigenvalue weighted by Crippen LogP contribution is 2.26. The SMILES string of the molecule is NCC1CCN(Cc2ccc([N+](=O)[O-])cc2Br)C1. The second-order valence-electron chi connectivity index (χ2n) is 4.66. The molecule has 0 amide bonds. The summed E-state index contributed by atoms with van der Waals surface area (Å²) < 4.78 is 0.799. The molecule has 0 spiro atoms. The normalized spacial score (nSPS) is 20.2. The van der Waals surface area contributed by atoms with Crippen molar-refractivity contribution in [1.82, 2.24) is 4.90 Å². The van der Waals surface area contributed by atoms with Gasteiger partial charge in [-0.3, -0.25) is 15.0 Å². The number of hydrogen-bond acceptors (Lipinski definition) is 4. The Bertz CT molecular complexity index is 453. The Labute approximate surface area is 114 Å². The highest BCUT2D eigenvalue weighted by Gasteiger charge is 2.22. The van der Waals surface area contributed by atoms with E-state index in [1.54, 1.807) is 12.1 Å². The number of benzene rings is 1. The van der Waals surface area contributed by atoms with E-state index in [0.717, 1.165) is 42.6 Å². The van der Waals surface area contributed by atoms with E-state index in [2.05, 4.69) is 20.8 Å². The van der Waals surface area contributed by atoms with E-state index in [9.17, 15) is 10.1 Å². The summed E-state index contributed by atoms with van der Waals surface area (Å²) in [5, 5.41) is 10.7. The van der Waals surface area contributed by atoms with E-state index in [1.807, 2.05) is 6.07 Å². The predicted molar refractivity (Wildman–Crippen MR) is 73.2 cm³/mol. The minimum Gasteiger partial charge on any atom is -0.330 e. The van der Waals surface area contributed by atoms with Gasteiger partial charge in [-0.15, -0.1) is 0 Å². The second kappa shape index (κ2) is 5.77. The average Bonchev–Trinajstić information content (AvgIpc) is 2.79. The van der Waals surface area contributed by atoms with Crippen LogP contribution in [0.2, 0.25) is 0 Å². The van der Waals surface area contributed by atoms with Crippen LogP contribution in [0.4, 0.5) is 5.69 Å². The van der Waals surface area contributed by atoms with Gasteiger partial charge in [-0.1, -0.05) is 15.9 Å². The standard InChI is InChI=1S/C12H16BrN3O2/c13-12-5-11(16(17)18)2-1-10(12)8-15-4-3-9(6-14)7-15/h1-2,5,9H,3-4,6-8,14H2. The topological polar surface area (TPSA) is 72.4 Å². The first kappa shape index (κ1) is 13.5. The fraction of sp³-hybridized carbons (Fsp3) is 0.500. The van der Waals surface area contributed by atoms with E-state index < -0.39 is 0 Å². The molecule has 1 aromatic carbocycles. The van der Waals surface area contributed by atoms with Gasteiger partial charge < -0.3 is 5.73 Å². The van der Waals surface area contributed by atoms with E-state index in [4.69, 9.17) is 5.73 Å². The summed E-state index contributed by atoms with van der Waals surface area (Å²) in [5.74, 6) is 0.585. The number of nitro groups is 1. The van der Waals surface area contributed by atoms with Gasteiger partial charge in [-0.25, -0.2) is 0 Å². The Morgan fingerprint density at radius 2 is 2.33 bits per heavy atom. The van der Waals surface area contributed by atoms with Gasteiger partial charge >= 0.3 is 0 Å². The summed E-state index contributed by atoms with van der Waals surface area (Å²) in [6.07, 6.45) is 1.14. The summed E-state index contributed by atoms with van der Waals surface area (Å²) in [7, 11) is 0. The van der Waals surface area contributed by atoms with E-state index >= 15 is 0 Å². The van der Waals surface area contributed by atoms with Crippen molar-refractivity contribution in [3.05, 3.63) is 38.3 Å². The zero-order valence-electron chi connectivity index (χ0n) is 10.0. The Hall–Kier alpha value is -0.980. The summed E-state index contributed by atoms with van der Waals surface area (Å²) in [4.78, 5) is 12.6. The number of hydrogen-bond donors (Lipinski definition) is 1. The van der Waals surface area contributed by atoms with Crippen LogP contribution in [0.15, 0.2) is 22.7 Å². The molecule has 1 aliphatic rings. The van der Waals surface area contributed by atoms with Crippen molar-refractivity contribution in [2.45, 2.75) is 13.0 Å². The van der Waals surface area contributed by atoms with Crippen molar-refractivity contribution >= 4 is 21.6 Å². The molecule has 2 rings (SSSR count). The summed E-state index contributed by atoms with van der Waals surface area (Å²) in [6.45, 7) is 3.61. The van der Waals surface area contributed by atoms with Crippen molar-refractivity contribution in [1.29, 1.82) is 0 Å². The van der Waals surface area contributed by atoms with Crippen LogP contribution in [-0.2, 0) is 6.54 Å². The fourth-order valence-electron chi connectivity index (χ4n) is 2.27. The Morgan fingerprint density at radius 3 is 2.89 bits per heavy atom. The number of nitrogens with two attached hydrogens (primary N) is 1. The molecule has 1 heterocycles. The van der Waals surface area contributed by atoms with Crippen LogP contribution >= 0.6 is 15.9 Å². The number of likely N-dealkylation sites (tertiary alicyclic amines) is 1. The van der Waals surface area contributed by atoms with Gasteiger partial charge in [0.15, 0.2) is 0 Å². The maximum atomic E-state index is 10.7. The smallest absolute Gasteiger partial charge is 0.270 e. The first-order chi connectivity index (χ1) is 8.60. The van der Waals surface area contributed by atoms with Gasteiger partial charge in [0.25, 0.3) is 5.69 Å². The van der Waals surface area contributed by atoms with Gasteiger partial charge in [0, 0.05) is 29.7 Å². The van der Waals surface area contributed by atoms with Crippen LogP contribution in [0.1, 0.15) is 12.0 Å². The molecule has 0 saturated carbocycles. The first-order valence-corrected chi connectivity index (χ1v) is 6.74. The zero-order chi connectivity index (χ0) is 13.1. The van der Waals surface area contributed by atoms with Crippen LogP contribution in [-0.4, -0.2) is 29.5 Å². The molecule has 1 fully saturated rings. The van der Waals surface area contributed by atoms with Crippen molar-refractivity contribution in [2.24, 2.45) is 11.7 Å². The molecule has 0 aliphatic carbocycles. The first-order valence-electron chi connectivity index (χ1n) is 5.95. The monoisotopic (exact) mass is 313 g/mol. The molecule has 1 atom stereocenters. The van der Waals surface area contributed by atoms with Gasteiger partial charge in [0.05, 0.1) is 4.92 Å². The molecule has 1 unspecified atom stereocenters. The number of non-ortho nitro benzene ring substituents is 1. The summed E-state index contributed by atoms with van der Waals surface area (Å²) >= 11 is 3.40. The number of halogens is 1. The van der Waals surface area contributed by atoms with E-state index in [-0.39, 0.29) is 10.6 Å². The average molecular weight is 314 g/mol. The highest BCUT2D eigenvalue weighted by atomic mass is 79.9. The molecule has 5 nitrogen and oxygen atoms in total. The summed E-state index contributed by atoms with van der Waals surface area (Å²) in [5.41, 5.74) is 6.86. The van der Waals surface area contributed by atoms with Crippen molar-refractivity contribution < 1.29 is 4.92 Å². The molecule has 1 saturated heterocycles. The Morgan fingerprint density at radius 1 is 1.56 bits per heavy atom. The number of nitrogens with zero attached hydrogens (tertiary/aromatic N) is 2. The van der Waals surface area contributed by atoms with Crippen LogP contribution < -0.4 is 5.73 Å². The molecule has 0 bridgehead atoms. The quantitative estimate of drug-likeness (QED) is 0.682. The maximum absolute atomic E-state index is 10.7. The summed E-state index contributed by atoms with van der Waals surface area (Å²) in [6, 6.07) is 4.93. The Balaban J connectivity index is 2.04. The lowest BCUT2D eigenvalue weighted by Gasteiger charge is -2.16. The van der Waals surface area contributed by atoms with Crippen LogP contribution in [0.25, 0.3) is 0 Å². The van der Waals surface area contributed by atoms with E-state index in [1.165, 1.54) is 0 Å². The van der Waals surface area contributed by atoms with Crippen molar-refractivity contribution in [3.63, 3.8) is 0 Å². The van der Waals surface area contributed by atoms with Crippen molar-refractivity contribution in [3.8, 4) is 0 Å². The lowest BCUT2D eigenvalue weighted by atomic mass is 10.1. The molecule has 98 valence electrons. The molecule has 1 aliphatic heterocycles. The predicted octanol–water partition coefficient (Wildman–Crippen LogP) is 2.14. The van der Waals surface area contributed by atoms with Crippen LogP contribution in [0, 0.1) is 16.0 Å². The molecule has 0 aromatic heterocycles. The molecule has 1 aromatic rings.